The number of anilines is 1. The number of aliphatic hydroxyl groups excluding tert-OH is 1. The lowest BCUT2D eigenvalue weighted by Crippen LogP contribution is -2.29. The summed E-state index contributed by atoms with van der Waals surface area (Å²) in [5.41, 5.74) is 4.69. The monoisotopic (exact) mass is 360 g/mol. The van der Waals surface area contributed by atoms with Gasteiger partial charge in [-0.25, -0.2) is 9.03 Å². The molecule has 2 aromatic rings. The number of hydrogen-bond donors (Lipinski definition) is 3. The van der Waals surface area contributed by atoms with Crippen LogP contribution in [-0.2, 0) is 23.1 Å². The van der Waals surface area contributed by atoms with Gasteiger partial charge in [-0.15, -0.1) is 0 Å². The standard InChI is InChI=1S/C18H20N2O4S/c1-12-3-6-15(13(2)9-12)7-4-14-5-8-16(17(21)10-14)20-11-18(22)19-25(20,23)24/h3,5-6,8-11,19,21-22H,4,7H2,1-2H3. The average Bonchev–Trinajstić information content (AvgIpc) is 2.79. The quantitative estimate of drug-likeness (QED) is 0.782. The second-order valence-electron chi connectivity index (χ2n) is 6.17. The van der Waals surface area contributed by atoms with E-state index in [4.69, 9.17) is 0 Å². The van der Waals surface area contributed by atoms with Crippen molar-refractivity contribution in [1.82, 2.24) is 4.72 Å². The number of nitrogens with one attached hydrogen (secondary N) is 1. The molecule has 132 valence electrons. The van der Waals surface area contributed by atoms with Crippen molar-refractivity contribution in [3.8, 4) is 5.75 Å². The van der Waals surface area contributed by atoms with Crippen molar-refractivity contribution < 1.29 is 18.6 Å². The highest BCUT2D eigenvalue weighted by molar-refractivity contribution is 7.91. The predicted octanol–water partition coefficient (Wildman–Crippen LogP) is 2.81. The Morgan fingerprint density at radius 3 is 2.40 bits per heavy atom. The minimum Gasteiger partial charge on any atom is -0.506 e. The molecule has 0 amide bonds. The SMILES string of the molecule is Cc1ccc(CCc2ccc(N3C=C(O)NS3(=O)=O)c(O)c2)c(C)c1. The number of phenolic OH excluding ortho intramolecular Hbond substituents is 1. The van der Waals surface area contributed by atoms with Gasteiger partial charge in [-0.05, 0) is 55.5 Å². The van der Waals surface area contributed by atoms with Gasteiger partial charge in [0.1, 0.15) is 11.4 Å². The number of phenols is 1. The Balaban J connectivity index is 1.78. The van der Waals surface area contributed by atoms with E-state index >= 15 is 0 Å². The van der Waals surface area contributed by atoms with Crippen molar-refractivity contribution in [2.24, 2.45) is 0 Å². The summed E-state index contributed by atoms with van der Waals surface area (Å²) in [5.74, 6) is -0.646. The molecular formula is C18H20N2O4S. The Labute approximate surface area is 147 Å². The van der Waals surface area contributed by atoms with Crippen LogP contribution in [-0.4, -0.2) is 18.6 Å². The van der Waals surface area contributed by atoms with Crippen LogP contribution in [0.5, 0.6) is 5.75 Å². The predicted molar refractivity (Wildman–Crippen MR) is 96.7 cm³/mol. The minimum atomic E-state index is -3.91. The lowest BCUT2D eigenvalue weighted by Gasteiger charge is -2.16. The maximum atomic E-state index is 11.9. The molecule has 25 heavy (non-hydrogen) atoms. The van der Waals surface area contributed by atoms with Gasteiger partial charge in [0.2, 0.25) is 5.88 Å². The maximum Gasteiger partial charge on any atom is 0.330 e. The summed E-state index contributed by atoms with van der Waals surface area (Å²) in [6.07, 6.45) is 2.57. The molecule has 0 fully saturated rings. The van der Waals surface area contributed by atoms with E-state index in [1.54, 1.807) is 12.1 Å². The summed E-state index contributed by atoms with van der Waals surface area (Å²) in [5, 5.41) is 19.6. The first-order valence-corrected chi connectivity index (χ1v) is 9.31. The smallest absolute Gasteiger partial charge is 0.330 e. The van der Waals surface area contributed by atoms with Crippen molar-refractivity contribution in [3.63, 3.8) is 0 Å². The molecule has 1 heterocycles. The van der Waals surface area contributed by atoms with Gasteiger partial charge in [0.25, 0.3) is 0 Å². The van der Waals surface area contributed by atoms with Gasteiger partial charge in [-0.3, -0.25) is 0 Å². The van der Waals surface area contributed by atoms with Gasteiger partial charge < -0.3 is 10.2 Å². The molecule has 7 heteroatoms. The first kappa shape index (κ1) is 17.2. The molecule has 0 bridgehead atoms. The Hall–Kier alpha value is -2.67. The third-order valence-corrected chi connectivity index (χ3v) is 5.48. The van der Waals surface area contributed by atoms with Crippen LogP contribution in [0, 0.1) is 13.8 Å². The molecule has 1 aliphatic heterocycles. The fourth-order valence-corrected chi connectivity index (χ4v) is 3.97. The minimum absolute atomic E-state index is 0.0896. The van der Waals surface area contributed by atoms with Crippen molar-refractivity contribution in [2.45, 2.75) is 26.7 Å². The highest BCUT2D eigenvalue weighted by atomic mass is 32.2. The van der Waals surface area contributed by atoms with Gasteiger partial charge in [0.05, 0.1) is 6.20 Å². The normalized spacial score (nSPS) is 15.8. The van der Waals surface area contributed by atoms with Crippen molar-refractivity contribution in [3.05, 3.63) is 70.7 Å². The lowest BCUT2D eigenvalue weighted by atomic mass is 9.99. The molecule has 0 aromatic heterocycles. The van der Waals surface area contributed by atoms with E-state index in [1.165, 1.54) is 22.8 Å². The molecule has 3 rings (SSSR count). The zero-order valence-corrected chi connectivity index (χ0v) is 14.8. The second kappa shape index (κ2) is 6.33. The van der Waals surface area contributed by atoms with Gasteiger partial charge in [0, 0.05) is 0 Å². The van der Waals surface area contributed by atoms with E-state index in [0.29, 0.717) is 0 Å². The van der Waals surface area contributed by atoms with E-state index in [1.807, 2.05) is 4.72 Å². The van der Waals surface area contributed by atoms with E-state index in [-0.39, 0.29) is 11.4 Å². The Kier molecular flexibility index (Phi) is 4.34. The number of benzene rings is 2. The van der Waals surface area contributed by atoms with Crippen LogP contribution in [0.2, 0.25) is 0 Å². The van der Waals surface area contributed by atoms with Gasteiger partial charge in [-0.2, -0.15) is 8.42 Å². The van der Waals surface area contributed by atoms with Crippen LogP contribution in [0.4, 0.5) is 5.69 Å². The van der Waals surface area contributed by atoms with Crippen molar-refractivity contribution in [2.75, 3.05) is 4.31 Å². The van der Waals surface area contributed by atoms with Gasteiger partial charge >= 0.3 is 10.2 Å². The second-order valence-corrected chi connectivity index (χ2v) is 7.72. The van der Waals surface area contributed by atoms with Crippen LogP contribution in [0.15, 0.2) is 48.5 Å². The largest absolute Gasteiger partial charge is 0.506 e. The molecule has 2 aromatic carbocycles. The molecule has 0 unspecified atom stereocenters. The van der Waals surface area contributed by atoms with Crippen LogP contribution in [0.3, 0.4) is 0 Å². The zero-order valence-electron chi connectivity index (χ0n) is 14.0. The Morgan fingerprint density at radius 1 is 1.04 bits per heavy atom. The van der Waals surface area contributed by atoms with Crippen LogP contribution in [0.25, 0.3) is 0 Å². The maximum absolute atomic E-state index is 11.9. The van der Waals surface area contributed by atoms with Gasteiger partial charge in [-0.1, -0.05) is 29.8 Å². The van der Waals surface area contributed by atoms with E-state index < -0.39 is 16.1 Å². The molecule has 0 aliphatic carbocycles. The summed E-state index contributed by atoms with van der Waals surface area (Å²) >= 11 is 0. The number of aromatic hydroxyl groups is 1. The Bertz CT molecular complexity index is 952. The summed E-state index contributed by atoms with van der Waals surface area (Å²) < 4.78 is 26.5. The lowest BCUT2D eigenvalue weighted by molar-refractivity contribution is 0.392. The van der Waals surface area contributed by atoms with E-state index in [9.17, 15) is 18.6 Å². The average molecular weight is 360 g/mol. The fourth-order valence-electron chi connectivity index (χ4n) is 2.90. The Morgan fingerprint density at radius 2 is 1.80 bits per heavy atom. The number of rotatable bonds is 4. The number of nitrogens with zero attached hydrogens (tertiary/aromatic N) is 1. The molecule has 0 atom stereocenters. The third-order valence-electron chi connectivity index (χ3n) is 4.19. The highest BCUT2D eigenvalue weighted by Gasteiger charge is 2.30. The number of aliphatic hydroxyl groups is 1. The molecule has 0 spiro atoms. The molecule has 3 N–H and O–H groups in total. The molecular weight excluding hydrogens is 340 g/mol. The topological polar surface area (TPSA) is 89.9 Å². The summed E-state index contributed by atoms with van der Waals surface area (Å²) in [4.78, 5) is 0. The number of hydrogen-bond acceptors (Lipinski definition) is 4. The first-order chi connectivity index (χ1) is 11.8. The first-order valence-electron chi connectivity index (χ1n) is 7.87. The summed E-state index contributed by atoms with van der Waals surface area (Å²) in [6.45, 7) is 4.13. The van der Waals surface area contributed by atoms with Crippen LogP contribution >= 0.6 is 0 Å². The molecule has 0 saturated heterocycles. The van der Waals surface area contributed by atoms with E-state index in [0.717, 1.165) is 28.9 Å². The summed E-state index contributed by atoms with van der Waals surface area (Å²) in [7, 11) is -3.91. The molecule has 6 nitrogen and oxygen atoms in total. The molecule has 0 saturated carbocycles. The zero-order chi connectivity index (χ0) is 18.2. The third kappa shape index (κ3) is 3.56. The number of aryl methyl sites for hydroxylation is 4. The highest BCUT2D eigenvalue weighted by Crippen LogP contribution is 2.32. The van der Waals surface area contributed by atoms with Gasteiger partial charge in [0.15, 0.2) is 0 Å². The van der Waals surface area contributed by atoms with Crippen LogP contribution in [0.1, 0.15) is 22.3 Å². The molecule has 0 radical (unpaired) electrons. The van der Waals surface area contributed by atoms with E-state index in [2.05, 4.69) is 32.0 Å². The van der Waals surface area contributed by atoms with Crippen LogP contribution < -0.4 is 9.03 Å². The van der Waals surface area contributed by atoms with Crippen molar-refractivity contribution >= 4 is 15.9 Å². The summed E-state index contributed by atoms with van der Waals surface area (Å²) in [6, 6.07) is 11.2. The fraction of sp³-hybridized carbons (Fsp3) is 0.222. The molecule has 1 aliphatic rings. The van der Waals surface area contributed by atoms with Crippen molar-refractivity contribution in [1.29, 1.82) is 0 Å².